The molecule has 3 rings (SSSR count). The van der Waals surface area contributed by atoms with Crippen LogP contribution < -0.4 is 0 Å². The first-order valence-corrected chi connectivity index (χ1v) is 7.94. The van der Waals surface area contributed by atoms with Crippen LogP contribution in [0.3, 0.4) is 0 Å². The van der Waals surface area contributed by atoms with E-state index in [1.807, 2.05) is 0 Å². The molecule has 2 aliphatic heterocycles. The van der Waals surface area contributed by atoms with E-state index in [4.69, 9.17) is 11.6 Å². The first-order chi connectivity index (χ1) is 11.8. The monoisotopic (exact) mass is 362 g/mol. The molecule has 0 saturated carbocycles. The molecule has 130 valence electrons. The zero-order valence-electron chi connectivity index (χ0n) is 13.8. The average molecular weight is 363 g/mol. The number of halogens is 1. The van der Waals surface area contributed by atoms with Crippen molar-refractivity contribution in [1.82, 2.24) is 9.80 Å². The number of benzene rings is 1. The number of hydrogen-bond acceptors (Lipinski definition) is 5. The Morgan fingerprint density at radius 2 is 1.60 bits per heavy atom. The van der Waals surface area contributed by atoms with E-state index in [2.05, 4.69) is 4.74 Å². The fourth-order valence-electron chi connectivity index (χ4n) is 3.01. The maximum Gasteiger partial charge on any atom is 0.354 e. The van der Waals surface area contributed by atoms with Crippen LogP contribution >= 0.6 is 11.6 Å². The summed E-state index contributed by atoms with van der Waals surface area (Å²) in [6.07, 6.45) is 0. The van der Waals surface area contributed by atoms with Crippen molar-refractivity contribution < 1.29 is 23.9 Å². The number of ether oxygens (including phenoxy) is 1. The summed E-state index contributed by atoms with van der Waals surface area (Å²) in [7, 11) is 1.19. The maximum absolute atomic E-state index is 12.6. The molecule has 1 aromatic carbocycles. The van der Waals surface area contributed by atoms with Gasteiger partial charge in [0.05, 0.1) is 18.2 Å². The molecular formula is C17H15ClN2O5. The van der Waals surface area contributed by atoms with Gasteiger partial charge in [-0.25, -0.2) is 4.79 Å². The van der Waals surface area contributed by atoms with Crippen LogP contribution in [0.25, 0.3) is 0 Å². The SMILES string of the molecule is COC(=O)C(=C(C)C)N1C(=O)[C@H](N2C(=O)c3ccccc3C2=O)[C@@H]1Cl. The van der Waals surface area contributed by atoms with E-state index < -0.39 is 35.2 Å². The van der Waals surface area contributed by atoms with Gasteiger partial charge in [-0.3, -0.25) is 24.2 Å². The molecule has 0 unspecified atom stereocenters. The fraction of sp³-hybridized carbons (Fsp3) is 0.294. The lowest BCUT2D eigenvalue weighted by atomic mass is 10.0. The summed E-state index contributed by atoms with van der Waals surface area (Å²) in [6.45, 7) is 3.27. The number of amides is 3. The van der Waals surface area contributed by atoms with Gasteiger partial charge in [0.2, 0.25) is 0 Å². The zero-order chi connectivity index (χ0) is 18.5. The van der Waals surface area contributed by atoms with Crippen LogP contribution in [0.1, 0.15) is 34.6 Å². The molecule has 2 heterocycles. The average Bonchev–Trinajstić information content (AvgIpc) is 2.84. The molecule has 0 N–H and O–H groups in total. The molecule has 2 atom stereocenters. The number of allylic oxidation sites excluding steroid dienone is 1. The van der Waals surface area contributed by atoms with Crippen molar-refractivity contribution in [3.8, 4) is 0 Å². The molecule has 0 radical (unpaired) electrons. The third-order valence-corrected chi connectivity index (χ3v) is 4.63. The van der Waals surface area contributed by atoms with Crippen molar-refractivity contribution >= 4 is 35.3 Å². The van der Waals surface area contributed by atoms with Gasteiger partial charge in [0.25, 0.3) is 17.7 Å². The predicted molar refractivity (Wildman–Crippen MR) is 87.6 cm³/mol. The van der Waals surface area contributed by atoms with Gasteiger partial charge in [0, 0.05) is 0 Å². The highest BCUT2D eigenvalue weighted by Crippen LogP contribution is 2.37. The Hall–Kier alpha value is -2.67. The second-order valence-corrected chi connectivity index (χ2v) is 6.34. The summed E-state index contributed by atoms with van der Waals surface area (Å²) >= 11 is 6.29. The van der Waals surface area contributed by atoms with E-state index in [0.717, 1.165) is 9.80 Å². The number of nitrogens with zero attached hydrogens (tertiary/aromatic N) is 2. The van der Waals surface area contributed by atoms with Gasteiger partial charge in [-0.2, -0.15) is 0 Å². The molecule has 0 spiro atoms. The van der Waals surface area contributed by atoms with Gasteiger partial charge in [-0.05, 0) is 31.6 Å². The molecule has 25 heavy (non-hydrogen) atoms. The third-order valence-electron chi connectivity index (χ3n) is 4.19. The lowest BCUT2D eigenvalue weighted by Gasteiger charge is -2.46. The van der Waals surface area contributed by atoms with Gasteiger partial charge < -0.3 is 4.74 Å². The van der Waals surface area contributed by atoms with Crippen LogP contribution in [0.5, 0.6) is 0 Å². The lowest BCUT2D eigenvalue weighted by molar-refractivity contribution is -0.153. The summed E-state index contributed by atoms with van der Waals surface area (Å²) in [5, 5.41) is 0. The minimum Gasteiger partial charge on any atom is -0.464 e. The third kappa shape index (κ3) is 2.34. The van der Waals surface area contributed by atoms with Crippen molar-refractivity contribution in [1.29, 1.82) is 0 Å². The Morgan fingerprint density at radius 1 is 1.08 bits per heavy atom. The topological polar surface area (TPSA) is 84.0 Å². The second kappa shape index (κ2) is 6.00. The number of rotatable bonds is 3. The largest absolute Gasteiger partial charge is 0.464 e. The highest BCUT2D eigenvalue weighted by Gasteiger charge is 2.57. The number of hydrogen-bond donors (Lipinski definition) is 0. The molecule has 1 fully saturated rings. The van der Waals surface area contributed by atoms with Gasteiger partial charge in [-0.1, -0.05) is 23.7 Å². The number of alkyl halides is 1. The number of carbonyl (C=O) groups is 4. The molecular weight excluding hydrogens is 348 g/mol. The standard InChI is InChI=1S/C17H15ClN2O5/c1-8(2)11(17(24)25-3)19-13(18)12(16(19)23)20-14(21)9-6-4-5-7-10(9)15(20)22/h4-7,12-13H,1-3H3/t12-,13-/m1/s1. The molecule has 2 aliphatic rings. The van der Waals surface area contributed by atoms with Crippen molar-refractivity contribution in [3.63, 3.8) is 0 Å². The summed E-state index contributed by atoms with van der Waals surface area (Å²) in [4.78, 5) is 51.5. The summed E-state index contributed by atoms with van der Waals surface area (Å²) < 4.78 is 4.68. The van der Waals surface area contributed by atoms with Gasteiger partial charge in [0.1, 0.15) is 11.2 Å². The molecule has 1 saturated heterocycles. The molecule has 0 bridgehead atoms. The van der Waals surface area contributed by atoms with Crippen molar-refractivity contribution in [2.45, 2.75) is 25.4 Å². The van der Waals surface area contributed by atoms with Crippen LogP contribution in [0, 0.1) is 0 Å². The Kier molecular flexibility index (Phi) is 4.12. The Morgan fingerprint density at radius 3 is 2.00 bits per heavy atom. The first-order valence-electron chi connectivity index (χ1n) is 7.51. The van der Waals surface area contributed by atoms with Crippen LogP contribution in [0.2, 0.25) is 0 Å². The van der Waals surface area contributed by atoms with E-state index in [9.17, 15) is 19.2 Å². The predicted octanol–water partition coefficient (Wildman–Crippen LogP) is 1.53. The summed E-state index contributed by atoms with van der Waals surface area (Å²) in [5.41, 5.74) is -0.0261. The number of fused-ring (bicyclic) bond motifs is 1. The van der Waals surface area contributed by atoms with Crippen LogP contribution in [-0.4, -0.2) is 52.1 Å². The Labute approximate surface area is 148 Å². The van der Waals surface area contributed by atoms with Crippen molar-refractivity contribution in [2.24, 2.45) is 0 Å². The fourth-order valence-corrected chi connectivity index (χ4v) is 3.42. The van der Waals surface area contributed by atoms with Gasteiger partial charge in [-0.15, -0.1) is 0 Å². The molecule has 3 amide bonds. The number of β-lactam (4-membered cyclic amide) rings is 1. The highest BCUT2D eigenvalue weighted by atomic mass is 35.5. The summed E-state index contributed by atoms with van der Waals surface area (Å²) in [6, 6.07) is 5.16. The van der Waals surface area contributed by atoms with Gasteiger partial charge in [0.15, 0.2) is 6.04 Å². The maximum atomic E-state index is 12.6. The van der Waals surface area contributed by atoms with Crippen LogP contribution in [0.15, 0.2) is 35.5 Å². The zero-order valence-corrected chi connectivity index (χ0v) is 14.5. The smallest absolute Gasteiger partial charge is 0.354 e. The minimum absolute atomic E-state index is 0.0142. The number of carbonyl (C=O) groups excluding carboxylic acids is 4. The van der Waals surface area contributed by atoms with E-state index in [1.165, 1.54) is 19.2 Å². The minimum atomic E-state index is -1.16. The number of esters is 1. The molecule has 8 heteroatoms. The molecule has 7 nitrogen and oxygen atoms in total. The van der Waals surface area contributed by atoms with Crippen LogP contribution in [0.4, 0.5) is 0 Å². The van der Waals surface area contributed by atoms with Crippen molar-refractivity contribution in [2.75, 3.05) is 7.11 Å². The van der Waals surface area contributed by atoms with Crippen molar-refractivity contribution in [3.05, 3.63) is 46.7 Å². The number of likely N-dealkylation sites (tertiary alicyclic amines) is 1. The lowest BCUT2D eigenvalue weighted by Crippen LogP contribution is -2.69. The normalized spacial score (nSPS) is 21.8. The van der Waals surface area contributed by atoms with E-state index in [1.54, 1.807) is 26.0 Å². The summed E-state index contributed by atoms with van der Waals surface area (Å²) in [5.74, 6) is -2.45. The number of methoxy groups -OCH3 is 1. The van der Waals surface area contributed by atoms with E-state index in [0.29, 0.717) is 5.57 Å². The molecule has 1 aromatic rings. The molecule has 0 aliphatic carbocycles. The van der Waals surface area contributed by atoms with E-state index in [-0.39, 0.29) is 16.8 Å². The van der Waals surface area contributed by atoms with Crippen LogP contribution in [-0.2, 0) is 14.3 Å². The quantitative estimate of drug-likeness (QED) is 0.203. The Bertz CT molecular complexity index is 808. The highest BCUT2D eigenvalue weighted by molar-refractivity contribution is 6.30. The van der Waals surface area contributed by atoms with E-state index >= 15 is 0 Å². The molecule has 0 aromatic heterocycles. The Balaban J connectivity index is 1.92. The van der Waals surface area contributed by atoms with Gasteiger partial charge >= 0.3 is 5.97 Å². The second-order valence-electron chi connectivity index (χ2n) is 5.89. The number of imide groups is 1. The first kappa shape index (κ1) is 17.2.